The molecule has 2 aliphatic heterocycles. The van der Waals surface area contributed by atoms with Gasteiger partial charge in [-0.1, -0.05) is 23.4 Å². The maximum Gasteiger partial charge on any atom is 0.246 e. The first-order valence-corrected chi connectivity index (χ1v) is 10.2. The summed E-state index contributed by atoms with van der Waals surface area (Å²) in [5.74, 6) is 0.342. The van der Waals surface area contributed by atoms with Crippen molar-refractivity contribution in [2.45, 2.75) is 32.7 Å². The van der Waals surface area contributed by atoms with E-state index >= 15 is 0 Å². The Morgan fingerprint density at radius 1 is 1.17 bits per heavy atom. The Bertz CT molecular complexity index is 920. The number of hydrogen-bond acceptors (Lipinski definition) is 6. The molecular formula is C21H25N5O4. The smallest absolute Gasteiger partial charge is 0.246 e. The lowest BCUT2D eigenvalue weighted by atomic mass is 9.94. The van der Waals surface area contributed by atoms with E-state index in [1.807, 2.05) is 30.3 Å². The third-order valence-corrected chi connectivity index (χ3v) is 5.70. The molecule has 0 aliphatic carbocycles. The van der Waals surface area contributed by atoms with E-state index < -0.39 is 0 Å². The summed E-state index contributed by atoms with van der Waals surface area (Å²) in [4.78, 5) is 45.3. The van der Waals surface area contributed by atoms with Gasteiger partial charge < -0.3 is 19.6 Å². The second-order valence-corrected chi connectivity index (χ2v) is 7.79. The van der Waals surface area contributed by atoms with Crippen molar-refractivity contribution >= 4 is 23.4 Å². The van der Waals surface area contributed by atoms with Crippen molar-refractivity contribution in [1.82, 2.24) is 20.4 Å². The first-order chi connectivity index (χ1) is 14.5. The highest BCUT2D eigenvalue weighted by Gasteiger charge is 2.38. The number of likely N-dealkylation sites (tertiary alicyclic amines) is 1. The SMILES string of the molecule is Cc1noc(CNC(=O)C2CCN(C(=O)C3CC(=O)N(c4ccccc4)C3)CC2)n1. The van der Waals surface area contributed by atoms with Crippen LogP contribution >= 0.6 is 0 Å². The van der Waals surface area contributed by atoms with Crippen LogP contribution in [-0.4, -0.2) is 52.4 Å². The highest BCUT2D eigenvalue weighted by atomic mass is 16.5. The molecule has 2 fully saturated rings. The van der Waals surface area contributed by atoms with E-state index in [-0.39, 0.29) is 42.5 Å². The minimum absolute atomic E-state index is 0.00183. The first-order valence-electron chi connectivity index (χ1n) is 10.2. The minimum Gasteiger partial charge on any atom is -0.347 e. The molecule has 1 atom stereocenters. The fourth-order valence-corrected chi connectivity index (χ4v) is 4.07. The molecule has 1 aromatic carbocycles. The van der Waals surface area contributed by atoms with Crippen LogP contribution in [0.4, 0.5) is 5.69 Å². The molecule has 3 heterocycles. The first kappa shape index (κ1) is 20.1. The standard InChI is InChI=1S/C21H25N5O4/c1-14-23-18(30-24-14)12-22-20(28)15-7-9-25(10-8-15)21(29)16-11-19(27)26(13-16)17-5-3-2-4-6-17/h2-6,15-16H,7-13H2,1H3,(H,22,28). The molecule has 0 saturated carbocycles. The number of amides is 3. The number of para-hydroxylation sites is 1. The summed E-state index contributed by atoms with van der Waals surface area (Å²) in [6.07, 6.45) is 1.44. The van der Waals surface area contributed by atoms with Gasteiger partial charge in [-0.15, -0.1) is 0 Å². The van der Waals surface area contributed by atoms with Crippen LogP contribution < -0.4 is 10.2 Å². The van der Waals surface area contributed by atoms with E-state index in [1.165, 1.54) is 0 Å². The average molecular weight is 411 g/mol. The number of carbonyl (C=O) groups excluding carboxylic acids is 3. The van der Waals surface area contributed by atoms with Gasteiger partial charge in [0.1, 0.15) is 0 Å². The van der Waals surface area contributed by atoms with Gasteiger partial charge in [0.2, 0.25) is 23.6 Å². The van der Waals surface area contributed by atoms with Crippen LogP contribution in [0.15, 0.2) is 34.9 Å². The average Bonchev–Trinajstić information content (AvgIpc) is 3.37. The summed E-state index contributed by atoms with van der Waals surface area (Å²) in [6.45, 7) is 3.38. The molecule has 0 spiro atoms. The van der Waals surface area contributed by atoms with Crippen molar-refractivity contribution in [2.24, 2.45) is 11.8 Å². The summed E-state index contributed by atoms with van der Waals surface area (Å²) in [5, 5.41) is 6.52. The molecule has 1 unspecified atom stereocenters. The van der Waals surface area contributed by atoms with E-state index in [0.717, 1.165) is 5.69 Å². The second kappa shape index (κ2) is 8.64. The highest BCUT2D eigenvalue weighted by molar-refractivity contribution is 6.00. The molecule has 1 N–H and O–H groups in total. The molecule has 0 radical (unpaired) electrons. The third kappa shape index (κ3) is 4.34. The van der Waals surface area contributed by atoms with Crippen molar-refractivity contribution in [3.63, 3.8) is 0 Å². The van der Waals surface area contributed by atoms with Gasteiger partial charge in [-0.2, -0.15) is 4.98 Å². The Morgan fingerprint density at radius 3 is 2.57 bits per heavy atom. The lowest BCUT2D eigenvalue weighted by molar-refractivity contribution is -0.139. The maximum absolute atomic E-state index is 12.9. The number of piperidine rings is 1. The number of carbonyl (C=O) groups is 3. The molecule has 3 amide bonds. The van der Waals surface area contributed by atoms with Gasteiger partial charge in [0, 0.05) is 37.7 Å². The predicted molar refractivity (Wildman–Crippen MR) is 107 cm³/mol. The molecule has 4 rings (SSSR count). The Labute approximate surface area is 174 Å². The number of anilines is 1. The normalized spacial score (nSPS) is 19.9. The van der Waals surface area contributed by atoms with E-state index in [2.05, 4.69) is 15.5 Å². The van der Waals surface area contributed by atoms with Crippen LogP contribution in [0.5, 0.6) is 0 Å². The van der Waals surface area contributed by atoms with Crippen LogP contribution in [0.25, 0.3) is 0 Å². The number of nitrogens with one attached hydrogen (secondary N) is 1. The molecular weight excluding hydrogens is 386 g/mol. The van der Waals surface area contributed by atoms with Crippen molar-refractivity contribution < 1.29 is 18.9 Å². The number of nitrogens with zero attached hydrogens (tertiary/aromatic N) is 4. The van der Waals surface area contributed by atoms with Gasteiger partial charge >= 0.3 is 0 Å². The zero-order valence-corrected chi connectivity index (χ0v) is 16.9. The molecule has 2 aliphatic rings. The summed E-state index contributed by atoms with van der Waals surface area (Å²) in [6, 6.07) is 9.42. The lowest BCUT2D eigenvalue weighted by Crippen LogP contribution is -2.45. The molecule has 9 nitrogen and oxygen atoms in total. The van der Waals surface area contributed by atoms with Crippen LogP contribution in [0, 0.1) is 18.8 Å². The highest BCUT2D eigenvalue weighted by Crippen LogP contribution is 2.27. The van der Waals surface area contributed by atoms with Crippen LogP contribution in [-0.2, 0) is 20.9 Å². The summed E-state index contributed by atoms with van der Waals surface area (Å²) >= 11 is 0. The molecule has 1 aromatic heterocycles. The second-order valence-electron chi connectivity index (χ2n) is 7.79. The van der Waals surface area contributed by atoms with Crippen LogP contribution in [0.1, 0.15) is 31.0 Å². The number of aryl methyl sites for hydroxylation is 1. The van der Waals surface area contributed by atoms with Crippen molar-refractivity contribution in [3.05, 3.63) is 42.0 Å². The Kier molecular flexibility index (Phi) is 5.78. The summed E-state index contributed by atoms with van der Waals surface area (Å²) in [7, 11) is 0. The number of aromatic nitrogens is 2. The Hall–Kier alpha value is -3.23. The van der Waals surface area contributed by atoms with Gasteiger partial charge in [-0.25, -0.2) is 0 Å². The van der Waals surface area contributed by atoms with Gasteiger partial charge in [-0.05, 0) is 31.9 Å². The van der Waals surface area contributed by atoms with E-state index in [9.17, 15) is 14.4 Å². The third-order valence-electron chi connectivity index (χ3n) is 5.70. The molecule has 0 bridgehead atoms. The predicted octanol–water partition coefficient (Wildman–Crippen LogP) is 1.29. The molecule has 2 saturated heterocycles. The monoisotopic (exact) mass is 411 g/mol. The zero-order chi connectivity index (χ0) is 21.1. The maximum atomic E-state index is 12.9. The molecule has 30 heavy (non-hydrogen) atoms. The van der Waals surface area contributed by atoms with Gasteiger partial charge in [0.15, 0.2) is 5.82 Å². The van der Waals surface area contributed by atoms with E-state index in [0.29, 0.717) is 44.2 Å². The van der Waals surface area contributed by atoms with Gasteiger partial charge in [-0.3, -0.25) is 14.4 Å². The Balaban J connectivity index is 1.26. The molecule has 2 aromatic rings. The van der Waals surface area contributed by atoms with Crippen molar-refractivity contribution in [1.29, 1.82) is 0 Å². The van der Waals surface area contributed by atoms with Crippen molar-refractivity contribution in [2.75, 3.05) is 24.5 Å². The molecule has 158 valence electrons. The number of benzene rings is 1. The zero-order valence-electron chi connectivity index (χ0n) is 16.9. The van der Waals surface area contributed by atoms with E-state index in [4.69, 9.17) is 4.52 Å². The fourth-order valence-electron chi connectivity index (χ4n) is 4.07. The summed E-state index contributed by atoms with van der Waals surface area (Å²) in [5.41, 5.74) is 0.824. The van der Waals surface area contributed by atoms with Crippen molar-refractivity contribution in [3.8, 4) is 0 Å². The topological polar surface area (TPSA) is 109 Å². The van der Waals surface area contributed by atoms with Crippen LogP contribution in [0.2, 0.25) is 0 Å². The van der Waals surface area contributed by atoms with Crippen LogP contribution in [0.3, 0.4) is 0 Å². The Morgan fingerprint density at radius 2 is 1.90 bits per heavy atom. The van der Waals surface area contributed by atoms with Gasteiger partial charge in [0.05, 0.1) is 12.5 Å². The molecule has 9 heteroatoms. The lowest BCUT2D eigenvalue weighted by Gasteiger charge is -2.32. The largest absolute Gasteiger partial charge is 0.347 e. The quantitative estimate of drug-likeness (QED) is 0.794. The fraction of sp³-hybridized carbons (Fsp3) is 0.476. The number of rotatable bonds is 5. The number of hydrogen-bond donors (Lipinski definition) is 1. The minimum atomic E-state index is -0.330. The van der Waals surface area contributed by atoms with Gasteiger partial charge in [0.25, 0.3) is 0 Å². The van der Waals surface area contributed by atoms with E-state index in [1.54, 1.807) is 16.7 Å². The summed E-state index contributed by atoms with van der Waals surface area (Å²) < 4.78 is 5.00.